The number of pyridine rings is 1. The fraction of sp³-hybridized carbons (Fsp3) is 0.409. The van der Waals surface area contributed by atoms with Crippen LogP contribution in [0.2, 0.25) is 0 Å². The van der Waals surface area contributed by atoms with E-state index in [4.69, 9.17) is 0 Å². The molecule has 0 amide bonds. The minimum absolute atomic E-state index is 0.0874. The largest absolute Gasteiger partial charge is 0.477 e. The number of aromatic carboxylic acids is 1. The van der Waals surface area contributed by atoms with Gasteiger partial charge in [-0.2, -0.15) is 0 Å². The molecule has 1 aliphatic carbocycles. The highest BCUT2D eigenvalue weighted by molar-refractivity contribution is 8.03. The van der Waals surface area contributed by atoms with Crippen molar-refractivity contribution in [1.29, 1.82) is 0 Å². The number of oxime groups is 1. The van der Waals surface area contributed by atoms with Crippen LogP contribution < -0.4 is 10.3 Å². The number of fused-ring (bicyclic) bond motifs is 1. The maximum absolute atomic E-state index is 15.2. The molecule has 31 heavy (non-hydrogen) atoms. The summed E-state index contributed by atoms with van der Waals surface area (Å²) in [5.74, 6) is -0.884. The average Bonchev–Trinajstić information content (AvgIpc) is 3.58. The number of rotatable bonds is 3. The second kappa shape index (κ2) is 7.40. The Balaban J connectivity index is 1.62. The van der Waals surface area contributed by atoms with Crippen LogP contribution in [0.5, 0.6) is 0 Å². The molecule has 0 spiro atoms. The van der Waals surface area contributed by atoms with Crippen LogP contribution in [0.15, 0.2) is 38.8 Å². The van der Waals surface area contributed by atoms with Gasteiger partial charge in [-0.15, -0.1) is 11.8 Å². The molecule has 0 bridgehead atoms. The minimum atomic E-state index is -1.30. The summed E-state index contributed by atoms with van der Waals surface area (Å²) < 4.78 is 17.0. The first-order chi connectivity index (χ1) is 14.9. The topological polar surface area (TPSA) is 95.1 Å². The molecule has 1 saturated carbocycles. The van der Waals surface area contributed by atoms with Gasteiger partial charge in [0, 0.05) is 48.0 Å². The highest BCUT2D eigenvalue weighted by atomic mass is 32.2. The van der Waals surface area contributed by atoms with Crippen molar-refractivity contribution in [2.24, 2.45) is 11.1 Å². The molecular weight excluding hydrogens is 421 g/mol. The van der Waals surface area contributed by atoms with Gasteiger partial charge >= 0.3 is 5.97 Å². The van der Waals surface area contributed by atoms with Gasteiger partial charge in [0.05, 0.1) is 16.9 Å². The van der Waals surface area contributed by atoms with E-state index in [0.29, 0.717) is 30.0 Å². The van der Waals surface area contributed by atoms with Gasteiger partial charge in [-0.25, -0.2) is 9.18 Å². The zero-order valence-corrected chi connectivity index (χ0v) is 17.8. The van der Waals surface area contributed by atoms with Crippen LogP contribution in [0, 0.1) is 11.7 Å². The summed E-state index contributed by atoms with van der Waals surface area (Å²) >= 11 is 1.77. The predicted octanol–water partition coefficient (Wildman–Crippen LogP) is 3.85. The molecule has 9 heteroatoms. The summed E-state index contributed by atoms with van der Waals surface area (Å²) in [6, 6.07) is 2.96. The maximum Gasteiger partial charge on any atom is 0.341 e. The second-order valence-corrected chi connectivity index (χ2v) is 9.52. The van der Waals surface area contributed by atoms with Crippen LogP contribution in [-0.4, -0.2) is 45.4 Å². The van der Waals surface area contributed by atoms with Crippen molar-refractivity contribution in [3.8, 4) is 0 Å². The third kappa shape index (κ3) is 3.31. The number of hydrogen-bond acceptors (Lipinski definition) is 6. The second-order valence-electron chi connectivity index (χ2n) is 8.41. The number of thioether (sulfide) groups is 1. The number of halogens is 1. The molecule has 3 heterocycles. The molecule has 1 fully saturated rings. The highest BCUT2D eigenvalue weighted by Gasteiger charge is 2.32. The van der Waals surface area contributed by atoms with E-state index in [-0.39, 0.29) is 22.9 Å². The molecule has 0 saturated heterocycles. The predicted molar refractivity (Wildman–Crippen MR) is 118 cm³/mol. The fourth-order valence-electron chi connectivity index (χ4n) is 4.50. The average molecular weight is 444 g/mol. The van der Waals surface area contributed by atoms with Gasteiger partial charge in [0.1, 0.15) is 11.4 Å². The Labute approximate surface area is 181 Å². The molecule has 1 unspecified atom stereocenters. The van der Waals surface area contributed by atoms with Crippen LogP contribution in [-0.2, 0) is 0 Å². The zero-order valence-electron chi connectivity index (χ0n) is 17.0. The van der Waals surface area contributed by atoms with E-state index < -0.39 is 17.2 Å². The smallest absolute Gasteiger partial charge is 0.341 e. The van der Waals surface area contributed by atoms with Gasteiger partial charge in [0.15, 0.2) is 0 Å². The van der Waals surface area contributed by atoms with Crippen molar-refractivity contribution in [2.45, 2.75) is 32.2 Å². The standard InChI is InChI=1S/C22H22FN3O4S/c1-11-10-31-19-4-5-25(8-14(19)20(11)24-30)18-7-17-13(6-16(18)23)21(27)15(22(28)29)9-26(17)12-2-3-12/h6-7,9,11-12,30H,2-5,8,10H2,1H3,(H,28,29)/b24-20+. The summed E-state index contributed by atoms with van der Waals surface area (Å²) in [6.07, 6.45) is 3.92. The van der Waals surface area contributed by atoms with Crippen LogP contribution in [0.25, 0.3) is 10.9 Å². The number of carboxylic acids is 1. The van der Waals surface area contributed by atoms with Gasteiger partial charge in [-0.1, -0.05) is 12.1 Å². The Kier molecular flexibility index (Phi) is 4.80. The Morgan fingerprint density at radius 3 is 2.77 bits per heavy atom. The lowest BCUT2D eigenvalue weighted by molar-refractivity contribution is 0.0695. The van der Waals surface area contributed by atoms with Crippen molar-refractivity contribution in [1.82, 2.24) is 4.57 Å². The molecule has 7 nitrogen and oxygen atoms in total. The van der Waals surface area contributed by atoms with Crippen LogP contribution in [0.3, 0.4) is 0 Å². The van der Waals surface area contributed by atoms with E-state index in [1.54, 1.807) is 22.4 Å². The molecule has 2 N–H and O–H groups in total. The Bertz CT molecular complexity index is 1230. The van der Waals surface area contributed by atoms with E-state index in [9.17, 15) is 19.9 Å². The lowest BCUT2D eigenvalue weighted by Gasteiger charge is -2.36. The quantitative estimate of drug-likeness (QED) is 0.553. The summed E-state index contributed by atoms with van der Waals surface area (Å²) in [6.45, 7) is 3.05. The molecule has 1 aromatic heterocycles. The molecule has 1 aromatic carbocycles. The lowest BCUT2D eigenvalue weighted by Crippen LogP contribution is -2.38. The first kappa shape index (κ1) is 20.1. The molecule has 3 aliphatic rings. The van der Waals surface area contributed by atoms with Gasteiger partial charge in [0.25, 0.3) is 0 Å². The summed E-state index contributed by atoms with van der Waals surface area (Å²) in [5, 5.41) is 22.5. The number of nitrogens with zero attached hydrogens (tertiary/aromatic N) is 3. The maximum atomic E-state index is 15.2. The van der Waals surface area contributed by atoms with Crippen LogP contribution in [0.4, 0.5) is 10.1 Å². The molecule has 2 aromatic rings. The fourth-order valence-corrected chi connectivity index (χ4v) is 5.69. The number of aromatic nitrogens is 1. The number of anilines is 1. The number of carbonyl (C=O) groups is 1. The first-order valence-electron chi connectivity index (χ1n) is 10.3. The van der Waals surface area contributed by atoms with Crippen molar-refractivity contribution < 1.29 is 19.5 Å². The van der Waals surface area contributed by atoms with Gasteiger partial charge in [-0.3, -0.25) is 4.79 Å². The molecule has 5 rings (SSSR count). The van der Waals surface area contributed by atoms with Crippen molar-refractivity contribution in [3.63, 3.8) is 0 Å². The van der Waals surface area contributed by atoms with E-state index in [0.717, 1.165) is 30.6 Å². The van der Waals surface area contributed by atoms with Gasteiger partial charge in [0.2, 0.25) is 5.43 Å². The lowest BCUT2D eigenvalue weighted by atomic mass is 9.95. The molecular formula is C22H22FN3O4S. The summed E-state index contributed by atoms with van der Waals surface area (Å²) in [5.41, 5.74) is 1.52. The zero-order chi connectivity index (χ0) is 21.9. The highest BCUT2D eigenvalue weighted by Crippen LogP contribution is 2.40. The van der Waals surface area contributed by atoms with Crippen LogP contribution >= 0.6 is 11.8 Å². The van der Waals surface area contributed by atoms with Crippen molar-refractivity contribution >= 4 is 40.0 Å². The van der Waals surface area contributed by atoms with Crippen molar-refractivity contribution in [3.05, 3.63) is 50.4 Å². The molecule has 1 atom stereocenters. The minimum Gasteiger partial charge on any atom is -0.477 e. The first-order valence-corrected chi connectivity index (χ1v) is 11.3. The molecule has 162 valence electrons. The summed E-state index contributed by atoms with van der Waals surface area (Å²) in [7, 11) is 0. The Morgan fingerprint density at radius 2 is 2.10 bits per heavy atom. The number of hydrogen-bond donors (Lipinski definition) is 2. The normalized spacial score (nSPS) is 22.8. The van der Waals surface area contributed by atoms with Crippen molar-refractivity contribution in [2.75, 3.05) is 23.7 Å². The Morgan fingerprint density at radius 1 is 1.32 bits per heavy atom. The Hall–Kier alpha value is -2.81. The SMILES string of the molecule is CC1CSC2=C(CN(c3cc4c(cc3F)c(=O)c(C(=O)O)cn4C3CC3)CC2)/C1=N/O. The third-order valence-corrected chi connectivity index (χ3v) is 7.76. The van der Waals surface area contributed by atoms with Crippen LogP contribution in [0.1, 0.15) is 42.6 Å². The van der Waals surface area contributed by atoms with E-state index in [1.165, 1.54) is 17.2 Å². The van der Waals surface area contributed by atoms with E-state index in [1.807, 2.05) is 11.8 Å². The molecule has 0 radical (unpaired) electrons. The number of carboxylic acid groups (broad SMARTS) is 1. The van der Waals surface area contributed by atoms with E-state index >= 15 is 4.39 Å². The van der Waals surface area contributed by atoms with Gasteiger partial charge in [-0.05, 0) is 36.3 Å². The monoisotopic (exact) mass is 443 g/mol. The van der Waals surface area contributed by atoms with Gasteiger partial charge < -0.3 is 19.8 Å². The summed E-state index contributed by atoms with van der Waals surface area (Å²) in [4.78, 5) is 27.3. The molecule has 2 aliphatic heterocycles. The van der Waals surface area contributed by atoms with E-state index in [2.05, 4.69) is 5.16 Å². The number of benzene rings is 1. The third-order valence-electron chi connectivity index (χ3n) is 6.30.